The van der Waals surface area contributed by atoms with Gasteiger partial charge in [-0.3, -0.25) is 14.4 Å². The van der Waals surface area contributed by atoms with Gasteiger partial charge in [-0.2, -0.15) is 0 Å². The molecule has 1 fully saturated rings. The Balaban J connectivity index is 1.42. The second kappa shape index (κ2) is 10.4. The predicted octanol–water partition coefficient (Wildman–Crippen LogP) is 4.27. The van der Waals surface area contributed by atoms with Crippen molar-refractivity contribution >= 4 is 40.7 Å². The minimum absolute atomic E-state index is 0.0859. The van der Waals surface area contributed by atoms with Crippen molar-refractivity contribution in [1.29, 1.82) is 0 Å². The van der Waals surface area contributed by atoms with Crippen LogP contribution in [0.15, 0.2) is 72.8 Å². The number of rotatable bonds is 7. The van der Waals surface area contributed by atoms with E-state index in [-0.39, 0.29) is 30.7 Å². The van der Waals surface area contributed by atoms with Crippen LogP contribution < -0.4 is 20.3 Å². The van der Waals surface area contributed by atoms with Gasteiger partial charge in [-0.05, 0) is 48.0 Å². The van der Waals surface area contributed by atoms with Crippen molar-refractivity contribution in [3.8, 4) is 5.75 Å². The van der Waals surface area contributed by atoms with Crippen molar-refractivity contribution in [3.63, 3.8) is 0 Å². The number of nitrogens with one attached hydrogen (secondary N) is 2. The summed E-state index contributed by atoms with van der Waals surface area (Å²) in [6.45, 7) is 0.555. The number of nitrogens with zero attached hydrogens (tertiary/aromatic N) is 1. The minimum atomic E-state index is -0.542. The Morgan fingerprint density at radius 2 is 1.85 bits per heavy atom. The van der Waals surface area contributed by atoms with E-state index in [0.29, 0.717) is 34.3 Å². The Bertz CT molecular complexity index is 1230. The summed E-state index contributed by atoms with van der Waals surface area (Å²) in [6.07, 6.45) is 0.0859. The lowest BCUT2D eigenvalue weighted by atomic mass is 10.1. The molecule has 1 saturated heterocycles. The summed E-state index contributed by atoms with van der Waals surface area (Å²) < 4.78 is 5.21. The Morgan fingerprint density at radius 3 is 2.65 bits per heavy atom. The van der Waals surface area contributed by atoms with Gasteiger partial charge in [0, 0.05) is 30.2 Å². The summed E-state index contributed by atoms with van der Waals surface area (Å²) in [5.41, 5.74) is 2.28. The maximum atomic E-state index is 13.0. The number of benzene rings is 3. The van der Waals surface area contributed by atoms with Crippen LogP contribution in [0.2, 0.25) is 5.02 Å². The van der Waals surface area contributed by atoms with Crippen LogP contribution in [0, 0.1) is 5.92 Å². The molecule has 0 unspecified atom stereocenters. The summed E-state index contributed by atoms with van der Waals surface area (Å²) >= 11 is 6.04. The van der Waals surface area contributed by atoms with Crippen LogP contribution in [0.1, 0.15) is 22.3 Å². The molecule has 0 aromatic heterocycles. The largest absolute Gasteiger partial charge is 0.497 e. The Kier molecular flexibility index (Phi) is 7.13. The van der Waals surface area contributed by atoms with Crippen LogP contribution >= 0.6 is 11.6 Å². The number of carbonyl (C=O) groups is 3. The standard InChI is InChI=1S/C26H24ClN3O4/c1-34-21-9-4-6-17(12-21)15-28-26(33)22-10-2-3-11-23(22)29-25(32)18-13-24(31)30(16-18)20-8-5-7-19(27)14-20/h2-12,14,18H,13,15-16H2,1H3,(H,28,33)(H,29,32)/t18-/m1/s1. The summed E-state index contributed by atoms with van der Waals surface area (Å²) in [4.78, 5) is 39.9. The molecule has 1 aliphatic rings. The number of para-hydroxylation sites is 1. The monoisotopic (exact) mass is 477 g/mol. The SMILES string of the molecule is COc1cccc(CNC(=O)c2ccccc2NC(=O)[C@@H]2CC(=O)N(c3cccc(Cl)c3)C2)c1. The summed E-state index contributed by atoms with van der Waals surface area (Å²) in [5, 5.41) is 6.22. The molecule has 2 N–H and O–H groups in total. The highest BCUT2D eigenvalue weighted by atomic mass is 35.5. The van der Waals surface area contributed by atoms with Crippen molar-refractivity contribution in [1.82, 2.24) is 5.32 Å². The highest BCUT2D eigenvalue weighted by Gasteiger charge is 2.35. The van der Waals surface area contributed by atoms with Crippen molar-refractivity contribution in [2.75, 3.05) is 23.9 Å². The number of hydrogen-bond acceptors (Lipinski definition) is 4. The molecule has 0 bridgehead atoms. The van der Waals surface area contributed by atoms with Crippen molar-refractivity contribution < 1.29 is 19.1 Å². The molecular weight excluding hydrogens is 454 g/mol. The number of carbonyl (C=O) groups excluding carboxylic acids is 3. The Labute approximate surface area is 202 Å². The minimum Gasteiger partial charge on any atom is -0.497 e. The fraction of sp³-hybridized carbons (Fsp3) is 0.192. The van der Waals surface area contributed by atoms with Gasteiger partial charge in [0.05, 0.1) is 24.3 Å². The first kappa shape index (κ1) is 23.3. The number of halogens is 1. The average molecular weight is 478 g/mol. The molecule has 34 heavy (non-hydrogen) atoms. The summed E-state index contributed by atoms with van der Waals surface area (Å²) in [7, 11) is 1.59. The number of anilines is 2. The molecule has 0 spiro atoms. The lowest BCUT2D eigenvalue weighted by molar-refractivity contribution is -0.122. The molecule has 0 saturated carbocycles. The van der Waals surface area contributed by atoms with E-state index in [9.17, 15) is 14.4 Å². The molecule has 0 aliphatic carbocycles. The van der Waals surface area contributed by atoms with E-state index in [2.05, 4.69) is 10.6 Å². The first-order chi connectivity index (χ1) is 16.4. The van der Waals surface area contributed by atoms with E-state index >= 15 is 0 Å². The third kappa shape index (κ3) is 5.38. The Hall–Kier alpha value is -3.84. The summed E-state index contributed by atoms with van der Waals surface area (Å²) in [6, 6.07) is 21.2. The highest BCUT2D eigenvalue weighted by molar-refractivity contribution is 6.31. The number of hydrogen-bond donors (Lipinski definition) is 2. The zero-order valence-electron chi connectivity index (χ0n) is 18.6. The molecule has 3 aromatic carbocycles. The van der Waals surface area contributed by atoms with E-state index in [4.69, 9.17) is 16.3 Å². The first-order valence-corrected chi connectivity index (χ1v) is 11.2. The molecule has 4 rings (SSSR count). The van der Waals surface area contributed by atoms with Gasteiger partial charge in [-0.15, -0.1) is 0 Å². The van der Waals surface area contributed by atoms with E-state index in [1.54, 1.807) is 60.5 Å². The van der Waals surface area contributed by atoms with E-state index in [1.807, 2.05) is 24.3 Å². The molecule has 1 atom stereocenters. The van der Waals surface area contributed by atoms with Gasteiger partial charge in [0.2, 0.25) is 11.8 Å². The van der Waals surface area contributed by atoms with Gasteiger partial charge in [0.1, 0.15) is 5.75 Å². The average Bonchev–Trinajstić information content (AvgIpc) is 3.25. The second-order valence-electron chi connectivity index (χ2n) is 7.95. The molecule has 3 aromatic rings. The van der Waals surface area contributed by atoms with Crippen LogP contribution in [0.25, 0.3) is 0 Å². The van der Waals surface area contributed by atoms with Gasteiger partial charge in [0.25, 0.3) is 5.91 Å². The van der Waals surface area contributed by atoms with Gasteiger partial charge in [-0.25, -0.2) is 0 Å². The van der Waals surface area contributed by atoms with E-state index < -0.39 is 5.92 Å². The maximum Gasteiger partial charge on any atom is 0.253 e. The zero-order chi connectivity index (χ0) is 24.1. The number of methoxy groups -OCH3 is 1. The lowest BCUT2D eigenvalue weighted by Gasteiger charge is -2.17. The first-order valence-electron chi connectivity index (χ1n) is 10.8. The van der Waals surface area contributed by atoms with Gasteiger partial charge >= 0.3 is 0 Å². The van der Waals surface area contributed by atoms with E-state index in [0.717, 1.165) is 5.56 Å². The number of ether oxygens (including phenoxy) is 1. The molecule has 3 amide bonds. The predicted molar refractivity (Wildman–Crippen MR) is 131 cm³/mol. The van der Waals surface area contributed by atoms with Gasteiger partial charge in [0.15, 0.2) is 0 Å². The molecule has 1 aliphatic heterocycles. The van der Waals surface area contributed by atoms with Crippen LogP contribution in [0.4, 0.5) is 11.4 Å². The topological polar surface area (TPSA) is 87.7 Å². The van der Waals surface area contributed by atoms with Crippen molar-refractivity contribution in [3.05, 3.63) is 88.9 Å². The van der Waals surface area contributed by atoms with Crippen LogP contribution in [-0.4, -0.2) is 31.4 Å². The van der Waals surface area contributed by atoms with Gasteiger partial charge in [-0.1, -0.05) is 41.9 Å². The molecule has 8 heteroatoms. The molecule has 174 valence electrons. The number of amides is 3. The maximum absolute atomic E-state index is 13.0. The molecule has 7 nitrogen and oxygen atoms in total. The molecule has 1 heterocycles. The highest BCUT2D eigenvalue weighted by Crippen LogP contribution is 2.28. The van der Waals surface area contributed by atoms with Crippen LogP contribution in [-0.2, 0) is 16.1 Å². The van der Waals surface area contributed by atoms with Crippen LogP contribution in [0.3, 0.4) is 0 Å². The fourth-order valence-corrected chi connectivity index (χ4v) is 4.05. The van der Waals surface area contributed by atoms with E-state index in [1.165, 1.54) is 0 Å². The van der Waals surface area contributed by atoms with Crippen LogP contribution in [0.5, 0.6) is 5.75 Å². The zero-order valence-corrected chi connectivity index (χ0v) is 19.3. The Morgan fingerprint density at radius 1 is 1.06 bits per heavy atom. The third-order valence-electron chi connectivity index (χ3n) is 5.63. The van der Waals surface area contributed by atoms with Crippen molar-refractivity contribution in [2.24, 2.45) is 5.92 Å². The quantitative estimate of drug-likeness (QED) is 0.532. The normalized spacial score (nSPS) is 15.2. The second-order valence-corrected chi connectivity index (χ2v) is 8.39. The molecule has 0 radical (unpaired) electrons. The third-order valence-corrected chi connectivity index (χ3v) is 5.87. The summed E-state index contributed by atoms with van der Waals surface area (Å²) in [5.74, 6) is -0.615. The molecular formula is C26H24ClN3O4. The smallest absolute Gasteiger partial charge is 0.253 e. The van der Waals surface area contributed by atoms with Gasteiger partial charge < -0.3 is 20.3 Å². The van der Waals surface area contributed by atoms with Crippen molar-refractivity contribution in [2.45, 2.75) is 13.0 Å². The lowest BCUT2D eigenvalue weighted by Crippen LogP contribution is -2.29. The fourth-order valence-electron chi connectivity index (χ4n) is 3.86.